The molecule has 0 aliphatic carbocycles. The van der Waals surface area contributed by atoms with Crippen molar-refractivity contribution in [1.82, 2.24) is 15.0 Å². The average molecular weight is 358 g/mol. The van der Waals surface area contributed by atoms with Crippen LogP contribution in [0.15, 0.2) is 42.0 Å². The van der Waals surface area contributed by atoms with Crippen LogP contribution < -0.4 is 4.90 Å². The third kappa shape index (κ3) is 3.70. The monoisotopic (exact) mass is 358 g/mol. The van der Waals surface area contributed by atoms with Crippen molar-refractivity contribution in [3.8, 4) is 11.4 Å². The lowest BCUT2D eigenvalue weighted by atomic mass is 10.2. The van der Waals surface area contributed by atoms with Gasteiger partial charge >= 0.3 is 0 Å². The van der Waals surface area contributed by atoms with Gasteiger partial charge < -0.3 is 5.11 Å². The maximum Gasteiger partial charge on any atom is 0.259 e. The number of hydrogen-bond donors (Lipinski definition) is 1. The zero-order valence-electron chi connectivity index (χ0n) is 13.5. The fraction of sp³-hybridized carbons (Fsp3) is 0.176. The molecule has 6 nitrogen and oxygen atoms in total. The van der Waals surface area contributed by atoms with E-state index in [1.807, 2.05) is 0 Å². The second-order valence-electron chi connectivity index (χ2n) is 5.39. The van der Waals surface area contributed by atoms with E-state index in [1.165, 1.54) is 46.8 Å². The maximum atomic E-state index is 13.0. The zero-order valence-corrected chi connectivity index (χ0v) is 14.4. The van der Waals surface area contributed by atoms with Crippen molar-refractivity contribution < 1.29 is 14.3 Å². The molecule has 3 rings (SSSR count). The minimum atomic E-state index is -0.706. The number of nitrogens with zero attached hydrogens (tertiary/aromatic N) is 4. The van der Waals surface area contributed by atoms with E-state index in [4.69, 9.17) is 0 Å². The quantitative estimate of drug-likeness (QED) is 0.775. The van der Waals surface area contributed by atoms with E-state index >= 15 is 0 Å². The Morgan fingerprint density at radius 3 is 2.64 bits per heavy atom. The number of halogens is 1. The Morgan fingerprint density at radius 2 is 1.96 bits per heavy atom. The van der Waals surface area contributed by atoms with Gasteiger partial charge in [-0.2, -0.15) is 0 Å². The number of thiazole rings is 1. The van der Waals surface area contributed by atoms with E-state index in [9.17, 15) is 14.3 Å². The minimum Gasteiger partial charge on any atom is -0.387 e. The van der Waals surface area contributed by atoms with Crippen LogP contribution in [0.25, 0.3) is 11.4 Å². The van der Waals surface area contributed by atoms with Crippen LogP contribution in [-0.4, -0.2) is 33.0 Å². The fourth-order valence-corrected chi connectivity index (χ4v) is 2.93. The van der Waals surface area contributed by atoms with Crippen LogP contribution in [0.1, 0.15) is 29.1 Å². The van der Waals surface area contributed by atoms with Crippen molar-refractivity contribution in [3.63, 3.8) is 0 Å². The maximum absolute atomic E-state index is 13.0. The number of aromatic nitrogens is 3. The molecule has 0 saturated carbocycles. The van der Waals surface area contributed by atoms with Crippen LogP contribution in [-0.2, 0) is 0 Å². The molecule has 0 saturated heterocycles. The molecular formula is C17H15FN4O2S. The van der Waals surface area contributed by atoms with Gasteiger partial charge in [-0.3, -0.25) is 9.69 Å². The zero-order chi connectivity index (χ0) is 18.0. The predicted octanol–water partition coefficient (Wildman–Crippen LogP) is 3.07. The first-order valence-electron chi connectivity index (χ1n) is 7.45. The van der Waals surface area contributed by atoms with Crippen molar-refractivity contribution >= 4 is 22.4 Å². The number of benzene rings is 1. The van der Waals surface area contributed by atoms with Gasteiger partial charge in [0.05, 0.1) is 17.5 Å². The molecular weight excluding hydrogens is 343 g/mol. The topological polar surface area (TPSA) is 79.2 Å². The predicted molar refractivity (Wildman–Crippen MR) is 92.9 cm³/mol. The molecule has 2 aromatic heterocycles. The van der Waals surface area contributed by atoms with Crippen LogP contribution in [0.4, 0.5) is 9.52 Å². The first-order valence-corrected chi connectivity index (χ1v) is 8.33. The number of anilines is 1. The molecule has 1 amide bonds. The van der Waals surface area contributed by atoms with E-state index in [1.54, 1.807) is 25.4 Å². The smallest absolute Gasteiger partial charge is 0.259 e. The van der Waals surface area contributed by atoms with E-state index in [2.05, 4.69) is 15.0 Å². The SMILES string of the molecule is CC(O)c1cc(-c2csc(N(C)C(=O)c3ccc(F)cc3)n2)ncn1. The van der Waals surface area contributed by atoms with Crippen molar-refractivity contribution in [2.24, 2.45) is 0 Å². The van der Waals surface area contributed by atoms with Gasteiger partial charge in [-0.25, -0.2) is 19.3 Å². The molecule has 1 N–H and O–H groups in total. The summed E-state index contributed by atoms with van der Waals surface area (Å²) >= 11 is 1.29. The third-order valence-electron chi connectivity index (χ3n) is 3.55. The van der Waals surface area contributed by atoms with Crippen molar-refractivity contribution in [3.05, 3.63) is 59.1 Å². The Morgan fingerprint density at radius 1 is 1.24 bits per heavy atom. The standard InChI is InChI=1S/C17H15FN4O2S/c1-10(23)13-7-14(20-9-19-13)15-8-25-17(21-15)22(2)16(24)11-3-5-12(18)6-4-11/h3-10,23H,1-2H3. The summed E-state index contributed by atoms with van der Waals surface area (Å²) in [4.78, 5) is 26.4. The summed E-state index contributed by atoms with van der Waals surface area (Å²) in [5, 5.41) is 11.9. The molecule has 0 aliphatic rings. The molecule has 1 atom stereocenters. The lowest BCUT2D eigenvalue weighted by Crippen LogP contribution is -2.26. The number of aliphatic hydroxyl groups excluding tert-OH is 1. The highest BCUT2D eigenvalue weighted by molar-refractivity contribution is 7.14. The second kappa shape index (κ2) is 7.04. The number of amides is 1. The van der Waals surface area contributed by atoms with Gasteiger partial charge in [0.1, 0.15) is 17.8 Å². The van der Waals surface area contributed by atoms with E-state index in [0.717, 1.165) is 0 Å². The normalized spacial score (nSPS) is 12.0. The number of aliphatic hydroxyl groups is 1. The lowest BCUT2D eigenvalue weighted by Gasteiger charge is -2.13. The molecule has 1 unspecified atom stereocenters. The molecule has 0 fully saturated rings. The molecule has 128 valence electrons. The molecule has 0 spiro atoms. The number of hydrogen-bond acceptors (Lipinski definition) is 6. The van der Waals surface area contributed by atoms with Gasteiger partial charge in [-0.1, -0.05) is 0 Å². The van der Waals surface area contributed by atoms with Crippen LogP contribution >= 0.6 is 11.3 Å². The van der Waals surface area contributed by atoms with Gasteiger partial charge in [0, 0.05) is 18.0 Å². The first kappa shape index (κ1) is 17.1. The van der Waals surface area contributed by atoms with Crippen LogP contribution in [0.3, 0.4) is 0 Å². The summed E-state index contributed by atoms with van der Waals surface area (Å²) in [5.74, 6) is -0.679. The van der Waals surface area contributed by atoms with Gasteiger partial charge in [0.15, 0.2) is 5.13 Å². The molecule has 3 aromatic rings. The minimum absolute atomic E-state index is 0.284. The van der Waals surface area contributed by atoms with Crippen molar-refractivity contribution in [2.45, 2.75) is 13.0 Å². The Bertz CT molecular complexity index is 896. The highest BCUT2D eigenvalue weighted by atomic mass is 32.1. The van der Waals surface area contributed by atoms with Gasteiger partial charge in [0.25, 0.3) is 5.91 Å². The Labute approximate surface area is 147 Å². The molecule has 8 heteroatoms. The van der Waals surface area contributed by atoms with Crippen LogP contribution in [0.5, 0.6) is 0 Å². The van der Waals surface area contributed by atoms with E-state index in [0.29, 0.717) is 27.8 Å². The summed E-state index contributed by atoms with van der Waals surface area (Å²) in [6.07, 6.45) is 0.659. The van der Waals surface area contributed by atoms with E-state index < -0.39 is 11.9 Å². The molecule has 25 heavy (non-hydrogen) atoms. The van der Waals surface area contributed by atoms with Gasteiger partial charge in [-0.05, 0) is 37.3 Å². The summed E-state index contributed by atoms with van der Waals surface area (Å²) in [6, 6.07) is 7.01. The summed E-state index contributed by atoms with van der Waals surface area (Å²) < 4.78 is 13.0. The Balaban J connectivity index is 1.84. The van der Waals surface area contributed by atoms with Crippen molar-refractivity contribution in [1.29, 1.82) is 0 Å². The van der Waals surface area contributed by atoms with Crippen LogP contribution in [0.2, 0.25) is 0 Å². The van der Waals surface area contributed by atoms with Gasteiger partial charge in [-0.15, -0.1) is 11.3 Å². The molecule has 1 aromatic carbocycles. The summed E-state index contributed by atoms with van der Waals surface area (Å²) in [5.41, 5.74) is 2.02. The molecule has 0 radical (unpaired) electrons. The summed E-state index contributed by atoms with van der Waals surface area (Å²) in [7, 11) is 1.61. The van der Waals surface area contributed by atoms with Crippen LogP contribution in [0, 0.1) is 5.82 Å². The summed E-state index contributed by atoms with van der Waals surface area (Å²) in [6.45, 7) is 1.62. The lowest BCUT2D eigenvalue weighted by molar-refractivity contribution is 0.0993. The van der Waals surface area contributed by atoms with E-state index in [-0.39, 0.29) is 5.91 Å². The average Bonchev–Trinajstić information content (AvgIpc) is 3.11. The number of carbonyl (C=O) groups excluding carboxylic acids is 1. The number of rotatable bonds is 4. The largest absolute Gasteiger partial charge is 0.387 e. The molecule has 2 heterocycles. The first-order chi connectivity index (χ1) is 12.0. The van der Waals surface area contributed by atoms with Crippen molar-refractivity contribution in [2.75, 3.05) is 11.9 Å². The highest BCUT2D eigenvalue weighted by Crippen LogP contribution is 2.27. The Hall–Kier alpha value is -2.71. The molecule has 0 aliphatic heterocycles. The Kier molecular flexibility index (Phi) is 4.82. The highest BCUT2D eigenvalue weighted by Gasteiger charge is 2.18. The second-order valence-corrected chi connectivity index (χ2v) is 6.23. The number of carbonyl (C=O) groups is 1. The third-order valence-corrected chi connectivity index (χ3v) is 4.47. The molecule has 0 bridgehead atoms. The fourth-order valence-electron chi connectivity index (χ4n) is 2.15. The van der Waals surface area contributed by atoms with Gasteiger partial charge in [0.2, 0.25) is 0 Å².